The molecule has 0 N–H and O–H groups in total. The Kier molecular flexibility index (Phi) is 3.86. The Morgan fingerprint density at radius 2 is 1.68 bits per heavy atom. The van der Waals surface area contributed by atoms with Crippen LogP contribution < -0.4 is 4.74 Å². The van der Waals surface area contributed by atoms with Crippen molar-refractivity contribution in [2.45, 2.75) is 0 Å². The summed E-state index contributed by atoms with van der Waals surface area (Å²) in [5, 5.41) is 0.823. The summed E-state index contributed by atoms with van der Waals surface area (Å²) < 4.78 is 19.1. The summed E-state index contributed by atoms with van der Waals surface area (Å²) in [6.45, 7) is 0. The second-order valence-corrected chi connectivity index (χ2v) is 5.65. The Bertz CT molecular complexity index is 1050. The van der Waals surface area contributed by atoms with Crippen LogP contribution in [0.4, 0.5) is 4.39 Å². The highest BCUT2D eigenvalue weighted by Gasteiger charge is 2.14. The molecule has 0 saturated carbocycles. The van der Waals surface area contributed by atoms with E-state index < -0.39 is 0 Å². The van der Waals surface area contributed by atoms with Crippen molar-refractivity contribution < 1.29 is 9.13 Å². The first kappa shape index (κ1) is 15.3. The number of methoxy groups -OCH3 is 1. The lowest BCUT2D eigenvalue weighted by molar-refractivity contribution is 0.403. The highest BCUT2D eigenvalue weighted by molar-refractivity contribution is 5.93. The number of halogens is 1. The van der Waals surface area contributed by atoms with Crippen molar-refractivity contribution in [1.29, 1.82) is 0 Å². The van der Waals surface area contributed by atoms with Gasteiger partial charge in [-0.1, -0.05) is 42.5 Å². The van der Waals surface area contributed by atoms with Gasteiger partial charge >= 0.3 is 0 Å². The molecule has 0 radical (unpaired) electrons. The lowest BCUT2D eigenvalue weighted by Crippen LogP contribution is -1.95. The van der Waals surface area contributed by atoms with E-state index in [0.29, 0.717) is 5.88 Å². The summed E-state index contributed by atoms with van der Waals surface area (Å²) in [6.07, 6.45) is 1.66. The molecule has 122 valence electrons. The molecule has 2 heterocycles. The van der Waals surface area contributed by atoms with E-state index in [1.165, 1.54) is 12.1 Å². The fraction of sp³-hybridized carbons (Fsp3) is 0.0476. The third kappa shape index (κ3) is 2.83. The molecular weight excluding hydrogens is 315 g/mol. The van der Waals surface area contributed by atoms with Gasteiger partial charge in [0, 0.05) is 17.3 Å². The van der Waals surface area contributed by atoms with Crippen LogP contribution in [0, 0.1) is 5.82 Å². The molecule has 0 fully saturated rings. The van der Waals surface area contributed by atoms with Crippen LogP contribution in [0.25, 0.3) is 33.3 Å². The Morgan fingerprint density at radius 1 is 0.880 bits per heavy atom. The Balaban J connectivity index is 2.06. The average molecular weight is 330 g/mol. The average Bonchev–Trinajstić information content (AvgIpc) is 2.67. The third-order valence-electron chi connectivity index (χ3n) is 4.08. The zero-order valence-electron chi connectivity index (χ0n) is 13.6. The number of benzene rings is 2. The van der Waals surface area contributed by atoms with Gasteiger partial charge in [0.15, 0.2) is 0 Å². The standard InChI is InChI=1S/C21H15FN2O/c1-25-21-18-13-17(14-6-3-2-4-7-14)20(24-19(18)10-11-23-21)15-8-5-9-16(22)12-15/h2-13H,1H3. The molecule has 0 spiro atoms. The molecule has 0 unspecified atom stereocenters. The van der Waals surface area contributed by atoms with Gasteiger partial charge in [0.05, 0.1) is 23.7 Å². The molecule has 0 bridgehead atoms. The van der Waals surface area contributed by atoms with Gasteiger partial charge in [-0.2, -0.15) is 0 Å². The monoisotopic (exact) mass is 330 g/mol. The molecule has 0 saturated heterocycles. The number of nitrogens with zero attached hydrogens (tertiary/aromatic N) is 2. The Labute approximate surface area is 144 Å². The van der Waals surface area contributed by atoms with Crippen LogP contribution in [0.2, 0.25) is 0 Å². The van der Waals surface area contributed by atoms with E-state index in [-0.39, 0.29) is 5.82 Å². The molecule has 3 nitrogen and oxygen atoms in total. The van der Waals surface area contributed by atoms with Gasteiger partial charge in [-0.15, -0.1) is 0 Å². The van der Waals surface area contributed by atoms with Gasteiger partial charge < -0.3 is 4.74 Å². The minimum atomic E-state index is -0.286. The van der Waals surface area contributed by atoms with Crippen LogP contribution in [0.5, 0.6) is 5.88 Å². The number of fused-ring (bicyclic) bond motifs is 1. The van der Waals surface area contributed by atoms with Crippen LogP contribution in [0.15, 0.2) is 72.9 Å². The molecule has 0 aliphatic rings. The van der Waals surface area contributed by atoms with Crippen molar-refractivity contribution >= 4 is 10.9 Å². The molecular formula is C21H15FN2O. The van der Waals surface area contributed by atoms with E-state index in [4.69, 9.17) is 9.72 Å². The SMILES string of the molecule is COc1nccc2nc(-c3cccc(F)c3)c(-c3ccccc3)cc12. The smallest absolute Gasteiger partial charge is 0.222 e. The molecule has 2 aromatic carbocycles. The fourth-order valence-electron chi connectivity index (χ4n) is 2.93. The largest absolute Gasteiger partial charge is 0.481 e. The number of rotatable bonds is 3. The van der Waals surface area contributed by atoms with Crippen LogP contribution in [-0.4, -0.2) is 17.1 Å². The maximum absolute atomic E-state index is 13.8. The molecule has 25 heavy (non-hydrogen) atoms. The van der Waals surface area contributed by atoms with Crippen molar-refractivity contribution in [2.24, 2.45) is 0 Å². The van der Waals surface area contributed by atoms with Crippen molar-refractivity contribution in [3.63, 3.8) is 0 Å². The van der Waals surface area contributed by atoms with Crippen LogP contribution in [0.1, 0.15) is 0 Å². The normalized spacial score (nSPS) is 10.8. The van der Waals surface area contributed by atoms with Gasteiger partial charge in [0.1, 0.15) is 5.82 Å². The second kappa shape index (κ2) is 6.32. The maximum atomic E-state index is 13.8. The fourth-order valence-corrected chi connectivity index (χ4v) is 2.93. The summed E-state index contributed by atoms with van der Waals surface area (Å²) in [4.78, 5) is 9.04. The van der Waals surface area contributed by atoms with Gasteiger partial charge in [0.25, 0.3) is 0 Å². The van der Waals surface area contributed by atoms with E-state index in [1.807, 2.05) is 48.5 Å². The molecule has 4 aromatic rings. The molecule has 0 atom stereocenters. The predicted molar refractivity (Wildman–Crippen MR) is 96.9 cm³/mol. The van der Waals surface area contributed by atoms with E-state index in [2.05, 4.69) is 4.98 Å². The molecule has 4 rings (SSSR count). The molecule has 0 aliphatic carbocycles. The lowest BCUT2D eigenvalue weighted by atomic mass is 9.97. The Morgan fingerprint density at radius 3 is 2.44 bits per heavy atom. The van der Waals surface area contributed by atoms with Crippen LogP contribution >= 0.6 is 0 Å². The predicted octanol–water partition coefficient (Wildman–Crippen LogP) is 5.11. The van der Waals surface area contributed by atoms with E-state index in [9.17, 15) is 4.39 Å². The van der Waals surface area contributed by atoms with Crippen molar-refractivity contribution in [3.05, 3.63) is 78.7 Å². The van der Waals surface area contributed by atoms with Crippen molar-refractivity contribution in [3.8, 4) is 28.3 Å². The quantitative estimate of drug-likeness (QED) is 0.523. The Hall–Kier alpha value is -3.27. The van der Waals surface area contributed by atoms with Gasteiger partial charge in [-0.3, -0.25) is 0 Å². The number of hydrogen-bond donors (Lipinski definition) is 0. The number of hydrogen-bond acceptors (Lipinski definition) is 3. The van der Waals surface area contributed by atoms with Crippen molar-refractivity contribution in [2.75, 3.05) is 7.11 Å². The first-order valence-corrected chi connectivity index (χ1v) is 7.91. The molecule has 0 amide bonds. The lowest BCUT2D eigenvalue weighted by Gasteiger charge is -2.13. The maximum Gasteiger partial charge on any atom is 0.222 e. The van der Waals surface area contributed by atoms with E-state index >= 15 is 0 Å². The van der Waals surface area contributed by atoms with Crippen LogP contribution in [0.3, 0.4) is 0 Å². The highest BCUT2D eigenvalue weighted by atomic mass is 19.1. The first-order valence-electron chi connectivity index (χ1n) is 7.91. The first-order chi connectivity index (χ1) is 12.3. The minimum absolute atomic E-state index is 0.286. The minimum Gasteiger partial charge on any atom is -0.481 e. The van der Waals surface area contributed by atoms with Gasteiger partial charge in [-0.25, -0.2) is 14.4 Å². The third-order valence-corrected chi connectivity index (χ3v) is 4.08. The van der Waals surface area contributed by atoms with Gasteiger partial charge in [0.2, 0.25) is 5.88 Å². The topological polar surface area (TPSA) is 35.0 Å². The second-order valence-electron chi connectivity index (χ2n) is 5.65. The molecule has 2 aromatic heterocycles. The summed E-state index contributed by atoms with van der Waals surface area (Å²) in [6, 6.07) is 20.2. The zero-order valence-corrected chi connectivity index (χ0v) is 13.6. The number of aromatic nitrogens is 2. The van der Waals surface area contributed by atoms with Crippen molar-refractivity contribution in [1.82, 2.24) is 9.97 Å². The van der Waals surface area contributed by atoms with Gasteiger partial charge in [-0.05, 0) is 29.8 Å². The summed E-state index contributed by atoms with van der Waals surface area (Å²) >= 11 is 0. The summed E-state index contributed by atoms with van der Waals surface area (Å²) in [7, 11) is 1.59. The summed E-state index contributed by atoms with van der Waals surface area (Å²) in [5.74, 6) is 0.235. The number of pyridine rings is 2. The zero-order chi connectivity index (χ0) is 17.2. The van der Waals surface area contributed by atoms with E-state index in [1.54, 1.807) is 19.4 Å². The van der Waals surface area contributed by atoms with E-state index in [0.717, 1.165) is 33.3 Å². The summed E-state index contributed by atoms with van der Waals surface area (Å²) in [5.41, 5.74) is 4.13. The molecule has 0 aliphatic heterocycles. The van der Waals surface area contributed by atoms with Crippen LogP contribution in [-0.2, 0) is 0 Å². The number of ether oxygens (including phenoxy) is 1. The highest BCUT2D eigenvalue weighted by Crippen LogP contribution is 2.35. The molecule has 4 heteroatoms.